The molecule has 4 rings (SSSR count). The molecule has 0 spiro atoms. The summed E-state index contributed by atoms with van der Waals surface area (Å²) >= 11 is 0. The highest BCUT2D eigenvalue weighted by molar-refractivity contribution is 6.02. The van der Waals surface area contributed by atoms with Crippen LogP contribution < -0.4 is 10.1 Å². The highest BCUT2D eigenvalue weighted by atomic mass is 16.5. The van der Waals surface area contributed by atoms with E-state index in [1.165, 1.54) is 6.33 Å². The van der Waals surface area contributed by atoms with E-state index in [1.54, 1.807) is 18.7 Å². The fourth-order valence-corrected chi connectivity index (χ4v) is 3.34. The van der Waals surface area contributed by atoms with Crippen LogP contribution in [0, 0.1) is 0 Å². The predicted molar refractivity (Wildman–Crippen MR) is 105 cm³/mol. The molecule has 0 saturated heterocycles. The minimum atomic E-state index is -0.497. The first-order chi connectivity index (χ1) is 13.7. The molecule has 28 heavy (non-hydrogen) atoms. The summed E-state index contributed by atoms with van der Waals surface area (Å²) in [5, 5.41) is 7.60. The number of nitrogens with zero attached hydrogens (tertiary/aromatic N) is 3. The van der Waals surface area contributed by atoms with Crippen LogP contribution in [0.2, 0.25) is 0 Å². The van der Waals surface area contributed by atoms with Crippen molar-refractivity contribution in [2.45, 2.75) is 13.0 Å². The minimum absolute atomic E-state index is 0.277. The molecule has 0 saturated carbocycles. The molecule has 0 amide bonds. The number of hydrogen-bond donors (Lipinski definition) is 1. The second kappa shape index (κ2) is 7.56. The molecule has 3 aromatic rings. The van der Waals surface area contributed by atoms with E-state index in [1.807, 2.05) is 54.6 Å². The molecule has 1 atom stereocenters. The number of hydrogen-bond acceptors (Lipinski definition) is 6. The summed E-state index contributed by atoms with van der Waals surface area (Å²) in [5.74, 6) is 0.852. The highest BCUT2D eigenvalue weighted by Gasteiger charge is 2.36. The fraction of sp³-hybridized carbons (Fsp3) is 0.190. The quantitative estimate of drug-likeness (QED) is 0.689. The van der Waals surface area contributed by atoms with E-state index in [-0.39, 0.29) is 6.61 Å². The lowest BCUT2D eigenvalue weighted by atomic mass is 9.93. The van der Waals surface area contributed by atoms with Gasteiger partial charge in [0.1, 0.15) is 18.1 Å². The SMILES string of the molecule is CCOC(=O)C1=C(c2ccccc2)Nc2ncnn2[C@H]1c1cccc(OC)c1. The van der Waals surface area contributed by atoms with Gasteiger partial charge in [-0.15, -0.1) is 0 Å². The first-order valence-electron chi connectivity index (χ1n) is 9.00. The lowest BCUT2D eigenvalue weighted by Crippen LogP contribution is -2.30. The Bertz CT molecular complexity index is 1030. The third-order valence-electron chi connectivity index (χ3n) is 4.56. The topological polar surface area (TPSA) is 78.3 Å². The number of fused-ring (bicyclic) bond motifs is 1. The Morgan fingerprint density at radius 2 is 2.00 bits per heavy atom. The van der Waals surface area contributed by atoms with Crippen LogP contribution in [0.1, 0.15) is 24.1 Å². The number of nitrogens with one attached hydrogen (secondary N) is 1. The van der Waals surface area contributed by atoms with Crippen molar-refractivity contribution in [2.75, 3.05) is 19.0 Å². The molecule has 1 aliphatic rings. The van der Waals surface area contributed by atoms with Crippen LogP contribution in [0.25, 0.3) is 5.70 Å². The number of anilines is 1. The van der Waals surface area contributed by atoms with E-state index in [4.69, 9.17) is 9.47 Å². The molecule has 0 unspecified atom stereocenters. The van der Waals surface area contributed by atoms with Gasteiger partial charge in [0, 0.05) is 0 Å². The van der Waals surface area contributed by atoms with Gasteiger partial charge in [0.2, 0.25) is 5.95 Å². The molecule has 0 radical (unpaired) electrons. The summed E-state index contributed by atoms with van der Waals surface area (Å²) in [7, 11) is 1.61. The van der Waals surface area contributed by atoms with E-state index in [9.17, 15) is 4.79 Å². The number of benzene rings is 2. The third kappa shape index (κ3) is 3.11. The summed E-state index contributed by atoms with van der Waals surface area (Å²) in [6, 6.07) is 16.7. The molecule has 2 aromatic carbocycles. The van der Waals surface area contributed by atoms with Crippen molar-refractivity contribution in [1.29, 1.82) is 0 Å². The van der Waals surface area contributed by atoms with Gasteiger partial charge in [-0.05, 0) is 30.2 Å². The largest absolute Gasteiger partial charge is 0.497 e. The Morgan fingerprint density at radius 1 is 1.18 bits per heavy atom. The van der Waals surface area contributed by atoms with Crippen LogP contribution in [0.4, 0.5) is 5.95 Å². The number of rotatable bonds is 5. The minimum Gasteiger partial charge on any atom is -0.497 e. The second-order valence-electron chi connectivity index (χ2n) is 6.21. The monoisotopic (exact) mass is 376 g/mol. The molecule has 142 valence electrons. The van der Waals surface area contributed by atoms with Crippen molar-refractivity contribution in [3.05, 3.63) is 77.6 Å². The zero-order valence-corrected chi connectivity index (χ0v) is 15.6. The molecule has 0 aliphatic carbocycles. The Balaban J connectivity index is 1.96. The average Bonchev–Trinajstić information content (AvgIpc) is 3.21. The number of carbonyl (C=O) groups excluding carboxylic acids is 1. The van der Waals surface area contributed by atoms with Crippen LogP contribution in [0.5, 0.6) is 5.75 Å². The zero-order chi connectivity index (χ0) is 19.5. The van der Waals surface area contributed by atoms with Gasteiger partial charge in [0.15, 0.2) is 0 Å². The Morgan fingerprint density at radius 3 is 2.75 bits per heavy atom. The first-order valence-corrected chi connectivity index (χ1v) is 9.00. The van der Waals surface area contributed by atoms with Gasteiger partial charge in [-0.25, -0.2) is 9.48 Å². The standard InChI is InChI=1S/C21H20N4O3/c1-3-28-20(26)17-18(14-8-5-4-6-9-14)24-21-22-13-23-25(21)19(17)15-10-7-11-16(12-15)27-2/h4-13,19H,3H2,1-2H3,(H,22,23,24)/t19-/m0/s1. The lowest BCUT2D eigenvalue weighted by molar-refractivity contribution is -0.138. The van der Waals surface area contributed by atoms with Crippen LogP contribution in [-0.4, -0.2) is 34.5 Å². The summed E-state index contributed by atoms with van der Waals surface area (Å²) < 4.78 is 12.5. The molecular weight excluding hydrogens is 356 g/mol. The number of carbonyl (C=O) groups is 1. The molecule has 1 aromatic heterocycles. The average molecular weight is 376 g/mol. The second-order valence-corrected chi connectivity index (χ2v) is 6.21. The van der Waals surface area contributed by atoms with Crippen molar-refractivity contribution in [3.8, 4) is 5.75 Å². The fourth-order valence-electron chi connectivity index (χ4n) is 3.34. The first kappa shape index (κ1) is 17.8. The van der Waals surface area contributed by atoms with E-state index < -0.39 is 12.0 Å². The number of ether oxygens (including phenoxy) is 2. The highest BCUT2D eigenvalue weighted by Crippen LogP contribution is 2.39. The van der Waals surface area contributed by atoms with Gasteiger partial charge < -0.3 is 14.8 Å². The van der Waals surface area contributed by atoms with Crippen molar-refractivity contribution >= 4 is 17.6 Å². The van der Waals surface area contributed by atoms with Gasteiger partial charge in [-0.1, -0.05) is 42.5 Å². The van der Waals surface area contributed by atoms with Gasteiger partial charge in [-0.2, -0.15) is 10.1 Å². The Labute approximate surface area is 162 Å². The Hall–Kier alpha value is -3.61. The molecule has 1 aliphatic heterocycles. The molecular formula is C21H20N4O3. The molecule has 0 bridgehead atoms. The molecule has 2 heterocycles. The lowest BCUT2D eigenvalue weighted by Gasteiger charge is -2.29. The van der Waals surface area contributed by atoms with Crippen LogP contribution in [0.3, 0.4) is 0 Å². The predicted octanol–water partition coefficient (Wildman–Crippen LogP) is 3.28. The van der Waals surface area contributed by atoms with Crippen molar-refractivity contribution in [1.82, 2.24) is 14.8 Å². The summed E-state index contributed by atoms with van der Waals surface area (Å²) in [5.41, 5.74) is 2.85. The van der Waals surface area contributed by atoms with E-state index in [2.05, 4.69) is 15.4 Å². The maximum Gasteiger partial charge on any atom is 0.338 e. The number of methoxy groups -OCH3 is 1. The molecule has 7 heteroatoms. The van der Waals surface area contributed by atoms with Crippen LogP contribution in [0.15, 0.2) is 66.5 Å². The van der Waals surface area contributed by atoms with Crippen molar-refractivity contribution in [2.24, 2.45) is 0 Å². The molecule has 0 fully saturated rings. The van der Waals surface area contributed by atoms with E-state index in [0.29, 0.717) is 23.0 Å². The number of esters is 1. The summed E-state index contributed by atoms with van der Waals surface area (Å²) in [6.07, 6.45) is 1.46. The summed E-state index contributed by atoms with van der Waals surface area (Å²) in [6.45, 7) is 2.07. The van der Waals surface area contributed by atoms with Crippen LogP contribution in [-0.2, 0) is 9.53 Å². The maximum absolute atomic E-state index is 13.0. The zero-order valence-electron chi connectivity index (χ0n) is 15.6. The van der Waals surface area contributed by atoms with E-state index >= 15 is 0 Å². The van der Waals surface area contributed by atoms with Crippen molar-refractivity contribution < 1.29 is 14.3 Å². The molecule has 7 nitrogen and oxygen atoms in total. The smallest absolute Gasteiger partial charge is 0.338 e. The number of aromatic nitrogens is 3. The van der Waals surface area contributed by atoms with Crippen LogP contribution >= 0.6 is 0 Å². The maximum atomic E-state index is 13.0. The normalized spacial score (nSPS) is 15.6. The van der Waals surface area contributed by atoms with Gasteiger partial charge in [-0.3, -0.25) is 0 Å². The third-order valence-corrected chi connectivity index (χ3v) is 4.56. The van der Waals surface area contributed by atoms with Gasteiger partial charge >= 0.3 is 5.97 Å². The van der Waals surface area contributed by atoms with E-state index in [0.717, 1.165) is 11.1 Å². The Kier molecular flexibility index (Phi) is 4.80. The summed E-state index contributed by atoms with van der Waals surface area (Å²) in [4.78, 5) is 17.4. The van der Waals surface area contributed by atoms with Crippen molar-refractivity contribution in [3.63, 3.8) is 0 Å². The van der Waals surface area contributed by atoms with Gasteiger partial charge in [0.25, 0.3) is 0 Å². The van der Waals surface area contributed by atoms with Gasteiger partial charge in [0.05, 0.1) is 25.0 Å². The molecule has 1 N–H and O–H groups in total.